The van der Waals surface area contributed by atoms with Crippen LogP contribution in [-0.2, 0) is 4.74 Å². The van der Waals surface area contributed by atoms with Crippen LogP contribution in [-0.4, -0.2) is 31.2 Å². The van der Waals surface area contributed by atoms with E-state index >= 15 is 0 Å². The van der Waals surface area contributed by atoms with E-state index in [0.29, 0.717) is 13.2 Å². The number of carbonyl (C=O) groups excluding carboxylic acids is 1. The Kier molecular flexibility index (Phi) is 5.63. The van der Waals surface area contributed by atoms with E-state index in [-0.39, 0.29) is 17.0 Å². The normalized spacial score (nSPS) is 10.3. The van der Waals surface area contributed by atoms with E-state index < -0.39 is 0 Å². The fraction of sp³-hybridized carbons (Fsp3) is 0.455. The van der Waals surface area contributed by atoms with Gasteiger partial charge in [0, 0.05) is 29.5 Å². The number of carbonyl (C=O) groups is 1. The van der Waals surface area contributed by atoms with Gasteiger partial charge in [0.1, 0.15) is 5.56 Å². The minimum absolute atomic E-state index is 0.150. The minimum Gasteiger partial charge on any atom is -0.385 e. The Morgan fingerprint density at radius 2 is 2.29 bits per heavy atom. The fourth-order valence-corrected chi connectivity index (χ4v) is 1.73. The van der Waals surface area contributed by atoms with Gasteiger partial charge in [-0.1, -0.05) is 0 Å². The van der Waals surface area contributed by atoms with Crippen molar-refractivity contribution in [3.05, 3.63) is 31.2 Å². The highest BCUT2D eigenvalue weighted by molar-refractivity contribution is 14.1. The van der Waals surface area contributed by atoms with Crippen molar-refractivity contribution < 1.29 is 9.53 Å². The largest absolute Gasteiger partial charge is 0.385 e. The highest BCUT2D eigenvalue weighted by Crippen LogP contribution is 2.07. The number of aromatic amines is 1. The number of aromatic nitrogens is 1. The molecule has 0 aliphatic heterocycles. The molecule has 0 spiro atoms. The molecule has 6 heteroatoms. The summed E-state index contributed by atoms with van der Waals surface area (Å²) in [5, 5.41) is 2.68. The number of rotatable bonds is 5. The van der Waals surface area contributed by atoms with Gasteiger partial charge >= 0.3 is 0 Å². The highest BCUT2D eigenvalue weighted by Gasteiger charge is 2.11. The van der Waals surface area contributed by atoms with Gasteiger partial charge in [-0.15, -0.1) is 0 Å². The lowest BCUT2D eigenvalue weighted by atomic mass is 10.2. The second kappa shape index (κ2) is 6.75. The van der Waals surface area contributed by atoms with Gasteiger partial charge in [-0.25, -0.2) is 0 Å². The zero-order valence-electron chi connectivity index (χ0n) is 9.80. The average Bonchev–Trinajstić information content (AvgIpc) is 2.29. The van der Waals surface area contributed by atoms with Crippen molar-refractivity contribution >= 4 is 28.5 Å². The number of hydrogen-bond acceptors (Lipinski definition) is 3. The molecule has 0 unspecified atom stereocenters. The molecular weight excluding hydrogens is 335 g/mol. The number of pyridine rings is 1. The molecule has 1 aromatic heterocycles. The lowest BCUT2D eigenvalue weighted by molar-refractivity contribution is 0.0947. The molecule has 2 N–H and O–H groups in total. The summed E-state index contributed by atoms with van der Waals surface area (Å²) in [5.41, 5.74) is 0.566. The zero-order valence-corrected chi connectivity index (χ0v) is 12.0. The Hall–Kier alpha value is -0.890. The number of methoxy groups -OCH3 is 1. The second-order valence-electron chi connectivity index (χ2n) is 3.59. The Morgan fingerprint density at radius 1 is 1.59 bits per heavy atom. The average molecular weight is 350 g/mol. The van der Waals surface area contributed by atoms with Crippen molar-refractivity contribution in [3.63, 3.8) is 0 Å². The number of ether oxygens (including phenoxy) is 1. The first kappa shape index (κ1) is 14.2. The Bertz CT molecular complexity index is 457. The SMILES string of the molecule is COCCCNC(=O)c1cc(I)c(C)[nH]c1=O. The number of amides is 1. The van der Waals surface area contributed by atoms with E-state index in [1.807, 2.05) is 0 Å². The minimum atomic E-state index is -0.354. The molecule has 5 nitrogen and oxygen atoms in total. The molecule has 0 atom stereocenters. The monoisotopic (exact) mass is 350 g/mol. The molecule has 0 saturated carbocycles. The van der Waals surface area contributed by atoms with Gasteiger partial charge in [-0.05, 0) is 42.0 Å². The standard InChI is InChI=1S/C11H15IN2O3/c1-7-9(12)6-8(11(16)14-7)10(15)13-4-3-5-17-2/h6H,3-5H2,1-2H3,(H,13,15)(H,14,16). The van der Waals surface area contributed by atoms with Crippen molar-refractivity contribution in [1.29, 1.82) is 0 Å². The van der Waals surface area contributed by atoms with E-state index in [1.54, 1.807) is 20.1 Å². The highest BCUT2D eigenvalue weighted by atomic mass is 127. The first-order valence-electron chi connectivity index (χ1n) is 5.23. The molecule has 0 bridgehead atoms. The number of halogens is 1. The van der Waals surface area contributed by atoms with Crippen molar-refractivity contribution in [2.45, 2.75) is 13.3 Å². The number of H-pyrrole nitrogens is 1. The van der Waals surface area contributed by atoms with Gasteiger partial charge < -0.3 is 15.0 Å². The van der Waals surface area contributed by atoms with Crippen LogP contribution < -0.4 is 10.9 Å². The number of nitrogens with one attached hydrogen (secondary N) is 2. The maximum Gasteiger partial charge on any atom is 0.261 e. The van der Waals surface area contributed by atoms with E-state index in [0.717, 1.165) is 15.7 Å². The summed E-state index contributed by atoms with van der Waals surface area (Å²) in [4.78, 5) is 25.9. The first-order valence-corrected chi connectivity index (χ1v) is 6.30. The molecule has 0 radical (unpaired) electrons. The summed E-state index contributed by atoms with van der Waals surface area (Å²) >= 11 is 2.08. The molecule has 0 aromatic carbocycles. The second-order valence-corrected chi connectivity index (χ2v) is 4.75. The van der Waals surface area contributed by atoms with Gasteiger partial charge in [0.25, 0.3) is 11.5 Å². The molecule has 0 fully saturated rings. The zero-order chi connectivity index (χ0) is 12.8. The molecule has 1 heterocycles. The summed E-state index contributed by atoms with van der Waals surface area (Å²) in [6.45, 7) is 2.88. The van der Waals surface area contributed by atoms with Crippen molar-refractivity contribution in [1.82, 2.24) is 10.3 Å². The molecule has 0 saturated heterocycles. The molecule has 0 aliphatic carbocycles. The van der Waals surface area contributed by atoms with Crippen molar-refractivity contribution in [2.24, 2.45) is 0 Å². The summed E-state index contributed by atoms with van der Waals surface area (Å²) in [6, 6.07) is 1.60. The van der Waals surface area contributed by atoms with Crippen LogP contribution >= 0.6 is 22.6 Å². The third-order valence-electron chi connectivity index (χ3n) is 2.23. The van der Waals surface area contributed by atoms with Gasteiger partial charge in [0.05, 0.1) is 0 Å². The third kappa shape index (κ3) is 4.12. The molecule has 1 rings (SSSR count). The Balaban J connectivity index is 2.69. The van der Waals surface area contributed by atoms with Crippen LogP contribution in [0.25, 0.3) is 0 Å². The van der Waals surface area contributed by atoms with E-state index in [1.165, 1.54) is 0 Å². The topological polar surface area (TPSA) is 71.2 Å². The molecule has 17 heavy (non-hydrogen) atoms. The van der Waals surface area contributed by atoms with Gasteiger partial charge in [0.15, 0.2) is 0 Å². The molecule has 94 valence electrons. The van der Waals surface area contributed by atoms with E-state index in [2.05, 4.69) is 32.9 Å². The van der Waals surface area contributed by atoms with Crippen LogP contribution in [0.1, 0.15) is 22.5 Å². The van der Waals surface area contributed by atoms with E-state index in [9.17, 15) is 9.59 Å². The van der Waals surface area contributed by atoms with Crippen LogP contribution in [0.4, 0.5) is 0 Å². The molecule has 0 aliphatic rings. The third-order valence-corrected chi connectivity index (χ3v) is 3.35. The fourth-order valence-electron chi connectivity index (χ4n) is 1.28. The van der Waals surface area contributed by atoms with Gasteiger partial charge in [-0.2, -0.15) is 0 Å². The van der Waals surface area contributed by atoms with Crippen LogP contribution in [0, 0.1) is 10.5 Å². The van der Waals surface area contributed by atoms with Crippen LogP contribution in [0.5, 0.6) is 0 Å². The van der Waals surface area contributed by atoms with Gasteiger partial charge in [0.2, 0.25) is 0 Å². The molecule has 1 amide bonds. The predicted octanol–water partition coefficient (Wildman–Crippen LogP) is 1.05. The van der Waals surface area contributed by atoms with Crippen molar-refractivity contribution in [3.8, 4) is 0 Å². The van der Waals surface area contributed by atoms with Gasteiger partial charge in [-0.3, -0.25) is 9.59 Å². The Morgan fingerprint density at radius 3 is 2.94 bits per heavy atom. The maximum atomic E-state index is 11.7. The van der Waals surface area contributed by atoms with E-state index in [4.69, 9.17) is 4.74 Å². The molecule has 1 aromatic rings. The lowest BCUT2D eigenvalue weighted by Crippen LogP contribution is -2.31. The predicted molar refractivity (Wildman–Crippen MR) is 73.3 cm³/mol. The lowest BCUT2D eigenvalue weighted by Gasteiger charge is -2.05. The number of aryl methyl sites for hydroxylation is 1. The summed E-state index contributed by atoms with van der Waals surface area (Å²) < 4.78 is 5.73. The number of hydrogen-bond donors (Lipinski definition) is 2. The molecular formula is C11H15IN2O3. The first-order chi connectivity index (χ1) is 8.06. The Labute approximate surface area is 113 Å². The van der Waals surface area contributed by atoms with Crippen LogP contribution in [0.2, 0.25) is 0 Å². The smallest absolute Gasteiger partial charge is 0.261 e. The quantitative estimate of drug-likeness (QED) is 0.616. The van der Waals surface area contributed by atoms with Crippen molar-refractivity contribution in [2.75, 3.05) is 20.3 Å². The summed E-state index contributed by atoms with van der Waals surface area (Å²) in [5.74, 6) is -0.347. The maximum absolute atomic E-state index is 11.7. The van der Waals surface area contributed by atoms with Crippen LogP contribution in [0.15, 0.2) is 10.9 Å². The summed E-state index contributed by atoms with van der Waals surface area (Å²) in [6.07, 6.45) is 0.725. The van der Waals surface area contributed by atoms with Crippen LogP contribution in [0.3, 0.4) is 0 Å². The summed E-state index contributed by atoms with van der Waals surface area (Å²) in [7, 11) is 1.61.